The van der Waals surface area contributed by atoms with E-state index in [1.54, 1.807) is 0 Å². The summed E-state index contributed by atoms with van der Waals surface area (Å²) >= 11 is 0. The molecule has 0 heterocycles. The van der Waals surface area contributed by atoms with Crippen molar-refractivity contribution < 1.29 is 0 Å². The SMILES string of the molecule is CC(CCCC1CCCC(C[B]C(C)(C)C)(C(C)(C)C)C1)C(C)(C)C. The van der Waals surface area contributed by atoms with Gasteiger partial charge in [-0.2, -0.15) is 0 Å². The Morgan fingerprint density at radius 2 is 1.60 bits per heavy atom. The predicted molar refractivity (Wildman–Crippen MR) is 117 cm³/mol. The highest BCUT2D eigenvalue weighted by Gasteiger charge is 2.45. The Kier molecular flexibility index (Phi) is 7.75. The first-order valence-corrected chi connectivity index (χ1v) is 11.0. The molecule has 1 heteroatoms. The van der Waals surface area contributed by atoms with Gasteiger partial charge in [0.2, 0.25) is 0 Å². The highest BCUT2D eigenvalue weighted by atomic mass is 14.5. The summed E-state index contributed by atoms with van der Waals surface area (Å²) in [6.45, 7) is 24.2. The van der Waals surface area contributed by atoms with Crippen LogP contribution in [0.25, 0.3) is 0 Å². The fourth-order valence-corrected chi connectivity index (χ4v) is 4.55. The monoisotopic (exact) mass is 347 g/mol. The van der Waals surface area contributed by atoms with E-state index in [0.29, 0.717) is 21.6 Å². The van der Waals surface area contributed by atoms with Crippen LogP contribution < -0.4 is 0 Å². The molecule has 0 bridgehead atoms. The van der Waals surface area contributed by atoms with E-state index in [1.165, 1.54) is 51.3 Å². The molecule has 3 atom stereocenters. The molecular weight excluding hydrogens is 299 g/mol. The van der Waals surface area contributed by atoms with Gasteiger partial charge in [-0.15, -0.1) is 0 Å². The van der Waals surface area contributed by atoms with E-state index in [9.17, 15) is 0 Å². The molecule has 1 fully saturated rings. The molecule has 1 aliphatic rings. The van der Waals surface area contributed by atoms with Crippen LogP contribution >= 0.6 is 0 Å². The van der Waals surface area contributed by atoms with Crippen LogP contribution in [0.2, 0.25) is 11.6 Å². The van der Waals surface area contributed by atoms with Crippen molar-refractivity contribution in [2.24, 2.45) is 28.1 Å². The second-order valence-electron chi connectivity index (χ2n) is 12.5. The Hall–Kier alpha value is 0.0649. The van der Waals surface area contributed by atoms with Gasteiger partial charge in [-0.3, -0.25) is 0 Å². The zero-order valence-corrected chi connectivity index (χ0v) is 19.4. The number of hydrogen-bond acceptors (Lipinski definition) is 0. The van der Waals surface area contributed by atoms with Gasteiger partial charge in [-0.05, 0) is 40.9 Å². The van der Waals surface area contributed by atoms with Gasteiger partial charge in [-0.1, -0.05) is 113 Å². The molecule has 3 unspecified atom stereocenters. The van der Waals surface area contributed by atoms with E-state index in [1.807, 2.05) is 0 Å². The predicted octanol–water partition coefficient (Wildman–Crippen LogP) is 8.40. The van der Waals surface area contributed by atoms with Crippen LogP contribution in [0.4, 0.5) is 0 Å². The summed E-state index contributed by atoms with van der Waals surface area (Å²) in [4.78, 5) is 0. The lowest BCUT2D eigenvalue weighted by Gasteiger charge is -2.51. The number of hydrogen-bond donors (Lipinski definition) is 0. The summed E-state index contributed by atoms with van der Waals surface area (Å²) in [6.07, 6.45) is 11.4. The molecule has 0 aromatic heterocycles. The second-order valence-corrected chi connectivity index (χ2v) is 12.5. The standard InChI is InChI=1S/C24H48B/c1-19(21(2,3)4)13-11-14-20-15-12-16-24(17-20,22(5,6)7)18-25-23(8,9)10/h19-20H,11-18H2,1-10H3. The second kappa shape index (κ2) is 8.39. The normalized spacial score (nSPS) is 27.2. The molecule has 25 heavy (non-hydrogen) atoms. The van der Waals surface area contributed by atoms with Crippen LogP contribution in [0.5, 0.6) is 0 Å². The third-order valence-electron chi connectivity index (χ3n) is 7.37. The van der Waals surface area contributed by atoms with Crippen molar-refractivity contribution in [2.75, 3.05) is 0 Å². The van der Waals surface area contributed by atoms with Crippen LogP contribution in [-0.4, -0.2) is 7.28 Å². The lowest BCUT2D eigenvalue weighted by Crippen LogP contribution is -2.41. The minimum Gasteiger partial charge on any atom is -0.0736 e. The van der Waals surface area contributed by atoms with Gasteiger partial charge < -0.3 is 0 Å². The fraction of sp³-hybridized carbons (Fsp3) is 1.00. The highest BCUT2D eigenvalue weighted by Crippen LogP contribution is 2.55. The van der Waals surface area contributed by atoms with Crippen molar-refractivity contribution in [1.82, 2.24) is 0 Å². The summed E-state index contributed by atoms with van der Waals surface area (Å²) < 4.78 is 0. The van der Waals surface area contributed by atoms with E-state index < -0.39 is 0 Å². The van der Waals surface area contributed by atoms with E-state index in [0.717, 1.165) is 11.8 Å². The Labute approximate surface area is 161 Å². The zero-order valence-electron chi connectivity index (χ0n) is 19.4. The molecule has 1 rings (SSSR count). The van der Waals surface area contributed by atoms with Gasteiger partial charge >= 0.3 is 0 Å². The maximum absolute atomic E-state index is 2.61. The van der Waals surface area contributed by atoms with Crippen molar-refractivity contribution in [3.8, 4) is 0 Å². The third kappa shape index (κ3) is 7.30. The fourth-order valence-electron chi connectivity index (χ4n) is 4.55. The Morgan fingerprint density at radius 3 is 2.08 bits per heavy atom. The summed E-state index contributed by atoms with van der Waals surface area (Å²) in [5.74, 6) is 1.78. The Balaban J connectivity index is 2.67. The number of rotatable bonds is 6. The summed E-state index contributed by atoms with van der Waals surface area (Å²) in [5, 5.41) is 0.341. The van der Waals surface area contributed by atoms with Gasteiger partial charge in [-0.25, -0.2) is 0 Å². The minimum atomic E-state index is 0.341. The van der Waals surface area contributed by atoms with Crippen LogP contribution in [0.3, 0.4) is 0 Å². The topological polar surface area (TPSA) is 0 Å². The van der Waals surface area contributed by atoms with Crippen LogP contribution in [-0.2, 0) is 0 Å². The molecule has 1 radical (unpaired) electrons. The Bertz CT molecular complexity index is 390. The molecular formula is C24H48B. The minimum absolute atomic E-state index is 0.341. The first-order chi connectivity index (χ1) is 11.2. The maximum atomic E-state index is 2.61. The molecule has 1 aliphatic carbocycles. The summed E-state index contributed by atoms with van der Waals surface area (Å²) in [5.41, 5.74) is 1.38. The molecule has 0 aromatic carbocycles. The van der Waals surface area contributed by atoms with Crippen molar-refractivity contribution in [1.29, 1.82) is 0 Å². The first-order valence-electron chi connectivity index (χ1n) is 11.0. The third-order valence-corrected chi connectivity index (χ3v) is 7.37. The molecule has 147 valence electrons. The largest absolute Gasteiger partial charge is 0.117 e. The summed E-state index contributed by atoms with van der Waals surface area (Å²) in [7, 11) is 2.61. The molecule has 0 amide bonds. The van der Waals surface area contributed by atoms with Gasteiger partial charge in [0, 0.05) is 0 Å². The van der Waals surface area contributed by atoms with Crippen molar-refractivity contribution in [2.45, 2.75) is 126 Å². The van der Waals surface area contributed by atoms with Gasteiger partial charge in [0.05, 0.1) is 0 Å². The van der Waals surface area contributed by atoms with E-state index >= 15 is 0 Å². The maximum Gasteiger partial charge on any atom is 0.117 e. The van der Waals surface area contributed by atoms with Gasteiger partial charge in [0.25, 0.3) is 0 Å². The van der Waals surface area contributed by atoms with Crippen LogP contribution in [0.15, 0.2) is 0 Å². The van der Waals surface area contributed by atoms with Gasteiger partial charge in [0.1, 0.15) is 7.28 Å². The van der Waals surface area contributed by atoms with Crippen molar-refractivity contribution in [3.05, 3.63) is 0 Å². The molecule has 1 saturated carbocycles. The molecule has 0 N–H and O–H groups in total. The molecule has 0 aliphatic heterocycles. The molecule has 0 aromatic rings. The van der Waals surface area contributed by atoms with Gasteiger partial charge in [0.15, 0.2) is 0 Å². The highest BCUT2D eigenvalue weighted by molar-refractivity contribution is 6.39. The average molecular weight is 347 g/mol. The average Bonchev–Trinajstić information content (AvgIpc) is 2.42. The van der Waals surface area contributed by atoms with Crippen LogP contribution in [0, 0.1) is 28.1 Å². The van der Waals surface area contributed by atoms with Crippen molar-refractivity contribution in [3.63, 3.8) is 0 Å². The summed E-state index contributed by atoms with van der Waals surface area (Å²) in [6, 6.07) is 0. The van der Waals surface area contributed by atoms with E-state index in [4.69, 9.17) is 0 Å². The lowest BCUT2D eigenvalue weighted by molar-refractivity contribution is 0.0291. The van der Waals surface area contributed by atoms with Crippen molar-refractivity contribution >= 4 is 7.28 Å². The van der Waals surface area contributed by atoms with E-state index in [-0.39, 0.29) is 0 Å². The molecule has 0 spiro atoms. The first kappa shape index (κ1) is 23.1. The Morgan fingerprint density at radius 1 is 1.00 bits per heavy atom. The zero-order chi connectivity index (χ0) is 19.5. The van der Waals surface area contributed by atoms with E-state index in [2.05, 4.69) is 76.5 Å². The lowest BCUT2D eigenvalue weighted by atomic mass is 9.42. The van der Waals surface area contributed by atoms with Crippen LogP contribution in [0.1, 0.15) is 114 Å². The molecule has 0 nitrogen and oxygen atoms in total. The smallest absolute Gasteiger partial charge is 0.0736 e. The quantitative estimate of drug-likeness (QED) is 0.423. The molecule has 0 saturated heterocycles.